The lowest BCUT2D eigenvalue weighted by Crippen LogP contribution is -2.18. The zero-order valence-corrected chi connectivity index (χ0v) is 9.66. The maximum atomic E-state index is 9.12. The highest BCUT2D eigenvalue weighted by molar-refractivity contribution is 5.74. The predicted molar refractivity (Wildman–Crippen MR) is 62.0 cm³/mol. The Bertz CT molecular complexity index is 605. The smallest absolute Gasteiger partial charge is 0.101 e. The molecule has 2 heterocycles. The molecule has 0 bridgehead atoms. The average Bonchev–Trinajstić information content (AvgIpc) is 2.75. The summed E-state index contributed by atoms with van der Waals surface area (Å²) in [6.07, 6.45) is 1.99. The van der Waals surface area contributed by atoms with Crippen molar-refractivity contribution in [1.29, 1.82) is 10.5 Å². The van der Waals surface area contributed by atoms with Gasteiger partial charge in [0.2, 0.25) is 0 Å². The number of nitrogens with zero attached hydrogens (tertiary/aromatic N) is 2. The first kappa shape index (κ1) is 11.0. The Hall–Kier alpha value is -2.46. The van der Waals surface area contributed by atoms with Gasteiger partial charge in [0.05, 0.1) is 35.2 Å². The second-order valence-electron chi connectivity index (χ2n) is 3.93. The molecule has 1 aliphatic heterocycles. The monoisotopic (exact) mass is 225 g/mol. The maximum Gasteiger partial charge on any atom is 0.101 e. The summed E-state index contributed by atoms with van der Waals surface area (Å²) >= 11 is 0. The van der Waals surface area contributed by atoms with Crippen LogP contribution in [0.2, 0.25) is 0 Å². The number of dihydropyridines is 1. The number of hydrogen-bond acceptors (Lipinski definition) is 4. The zero-order valence-electron chi connectivity index (χ0n) is 9.66. The summed E-state index contributed by atoms with van der Waals surface area (Å²) in [7, 11) is 0. The van der Waals surface area contributed by atoms with Crippen molar-refractivity contribution in [1.82, 2.24) is 5.32 Å². The first-order valence-electron chi connectivity index (χ1n) is 5.21. The topological polar surface area (TPSA) is 72.8 Å². The third kappa shape index (κ3) is 1.93. The van der Waals surface area contributed by atoms with Crippen LogP contribution in [0.15, 0.2) is 33.6 Å². The fraction of sp³-hybridized carbons (Fsp3) is 0.231. The third-order valence-electron chi connectivity index (χ3n) is 2.71. The van der Waals surface area contributed by atoms with Crippen molar-refractivity contribution in [2.24, 2.45) is 0 Å². The molecule has 17 heavy (non-hydrogen) atoms. The molecule has 0 saturated carbocycles. The number of rotatable bonds is 1. The zero-order chi connectivity index (χ0) is 12.4. The molecular formula is C13H11N3O. The minimum Gasteiger partial charge on any atom is -0.469 e. The van der Waals surface area contributed by atoms with Gasteiger partial charge in [0.25, 0.3) is 0 Å². The van der Waals surface area contributed by atoms with E-state index in [0.717, 1.165) is 22.7 Å². The SMILES string of the molecule is CC1=C(C#N)CC(C#N)=C(c2coc(C)c2)N1. The largest absolute Gasteiger partial charge is 0.469 e. The summed E-state index contributed by atoms with van der Waals surface area (Å²) in [5.41, 5.74) is 3.54. The summed E-state index contributed by atoms with van der Waals surface area (Å²) in [6, 6.07) is 6.11. The number of allylic oxidation sites excluding steroid dienone is 3. The van der Waals surface area contributed by atoms with Gasteiger partial charge in [-0.05, 0) is 19.9 Å². The molecule has 1 aromatic heterocycles. The van der Waals surface area contributed by atoms with Crippen LogP contribution in [0.1, 0.15) is 24.7 Å². The second kappa shape index (κ2) is 4.19. The minimum atomic E-state index is 0.380. The molecule has 84 valence electrons. The van der Waals surface area contributed by atoms with Gasteiger partial charge in [0.15, 0.2) is 0 Å². The summed E-state index contributed by atoms with van der Waals surface area (Å²) in [5, 5.41) is 21.2. The fourth-order valence-electron chi connectivity index (χ4n) is 1.78. The quantitative estimate of drug-likeness (QED) is 0.797. The molecule has 2 rings (SSSR count). The number of nitriles is 2. The lowest BCUT2D eigenvalue weighted by molar-refractivity contribution is 0.533. The molecule has 1 N–H and O–H groups in total. The van der Waals surface area contributed by atoms with Gasteiger partial charge < -0.3 is 9.73 Å². The van der Waals surface area contributed by atoms with Gasteiger partial charge in [0.1, 0.15) is 5.76 Å². The van der Waals surface area contributed by atoms with E-state index in [0.29, 0.717) is 17.6 Å². The molecule has 0 aliphatic carbocycles. The molecule has 0 atom stereocenters. The number of hydrogen-bond donors (Lipinski definition) is 1. The van der Waals surface area contributed by atoms with Crippen molar-refractivity contribution in [3.8, 4) is 12.1 Å². The fourth-order valence-corrected chi connectivity index (χ4v) is 1.78. The van der Waals surface area contributed by atoms with Crippen LogP contribution in [-0.4, -0.2) is 0 Å². The molecular weight excluding hydrogens is 214 g/mol. The Kier molecular flexibility index (Phi) is 2.72. The molecule has 0 unspecified atom stereocenters. The Morgan fingerprint density at radius 2 is 1.94 bits per heavy atom. The van der Waals surface area contributed by atoms with Gasteiger partial charge in [-0.15, -0.1) is 0 Å². The molecule has 4 nitrogen and oxygen atoms in total. The van der Waals surface area contributed by atoms with Crippen LogP contribution < -0.4 is 5.32 Å². The maximum absolute atomic E-state index is 9.12. The third-order valence-corrected chi connectivity index (χ3v) is 2.71. The first-order chi connectivity index (χ1) is 8.15. The molecule has 0 radical (unpaired) electrons. The van der Waals surface area contributed by atoms with Crippen LogP contribution in [0.3, 0.4) is 0 Å². The second-order valence-corrected chi connectivity index (χ2v) is 3.93. The lowest BCUT2D eigenvalue weighted by atomic mass is 9.97. The van der Waals surface area contributed by atoms with Crippen LogP contribution in [-0.2, 0) is 0 Å². The highest BCUT2D eigenvalue weighted by Gasteiger charge is 2.19. The van der Waals surface area contributed by atoms with E-state index in [-0.39, 0.29) is 0 Å². The van der Waals surface area contributed by atoms with E-state index in [1.54, 1.807) is 6.26 Å². The van der Waals surface area contributed by atoms with E-state index in [2.05, 4.69) is 17.5 Å². The van der Waals surface area contributed by atoms with E-state index in [1.807, 2.05) is 19.9 Å². The Labute approximate surface area is 99.5 Å². The molecule has 0 amide bonds. The van der Waals surface area contributed by atoms with Crippen LogP contribution >= 0.6 is 0 Å². The van der Waals surface area contributed by atoms with Gasteiger partial charge >= 0.3 is 0 Å². The minimum absolute atomic E-state index is 0.380. The lowest BCUT2D eigenvalue weighted by Gasteiger charge is -2.18. The van der Waals surface area contributed by atoms with E-state index in [4.69, 9.17) is 14.9 Å². The Morgan fingerprint density at radius 3 is 2.47 bits per heavy atom. The number of furan rings is 1. The molecule has 0 fully saturated rings. The molecule has 1 aliphatic rings. The van der Waals surface area contributed by atoms with Crippen LogP contribution in [0, 0.1) is 29.6 Å². The van der Waals surface area contributed by atoms with E-state index >= 15 is 0 Å². The van der Waals surface area contributed by atoms with Crippen molar-refractivity contribution in [3.05, 3.63) is 40.5 Å². The standard InChI is InChI=1S/C13H11N3O/c1-8-3-12(7-17-8)13-11(6-15)4-10(5-14)9(2)16-13/h3,7,16H,4H2,1-2H3. The van der Waals surface area contributed by atoms with Gasteiger partial charge in [-0.25, -0.2) is 0 Å². The van der Waals surface area contributed by atoms with Crippen molar-refractivity contribution >= 4 is 5.70 Å². The number of aryl methyl sites for hydroxylation is 1. The number of nitrogens with one attached hydrogen (secondary N) is 1. The Morgan fingerprint density at radius 1 is 1.24 bits per heavy atom. The van der Waals surface area contributed by atoms with Crippen molar-refractivity contribution in [2.45, 2.75) is 20.3 Å². The highest BCUT2D eigenvalue weighted by atomic mass is 16.3. The van der Waals surface area contributed by atoms with Crippen molar-refractivity contribution in [3.63, 3.8) is 0 Å². The molecule has 1 aromatic rings. The molecule has 4 heteroatoms. The van der Waals surface area contributed by atoms with Crippen LogP contribution in [0.5, 0.6) is 0 Å². The van der Waals surface area contributed by atoms with Crippen LogP contribution in [0.25, 0.3) is 5.70 Å². The summed E-state index contributed by atoms with van der Waals surface area (Å²) in [4.78, 5) is 0. The van der Waals surface area contributed by atoms with Crippen molar-refractivity contribution < 1.29 is 4.42 Å². The predicted octanol–water partition coefficient (Wildman–Crippen LogP) is 2.61. The summed E-state index contributed by atoms with van der Waals surface area (Å²) in [6.45, 7) is 3.68. The first-order valence-corrected chi connectivity index (χ1v) is 5.21. The van der Waals surface area contributed by atoms with E-state index < -0.39 is 0 Å². The summed E-state index contributed by atoms with van der Waals surface area (Å²) < 4.78 is 5.23. The van der Waals surface area contributed by atoms with Crippen molar-refractivity contribution in [2.75, 3.05) is 0 Å². The normalized spacial score (nSPS) is 15.3. The molecule has 0 aromatic carbocycles. The summed E-state index contributed by atoms with van der Waals surface area (Å²) in [5.74, 6) is 0.791. The highest BCUT2D eigenvalue weighted by Crippen LogP contribution is 2.28. The van der Waals surface area contributed by atoms with Gasteiger partial charge in [0, 0.05) is 17.7 Å². The Balaban J connectivity index is 2.44. The molecule has 0 saturated heterocycles. The van der Waals surface area contributed by atoms with E-state index in [1.165, 1.54) is 0 Å². The van der Waals surface area contributed by atoms with Crippen LogP contribution in [0.4, 0.5) is 0 Å². The van der Waals surface area contributed by atoms with Gasteiger partial charge in [-0.2, -0.15) is 10.5 Å². The van der Waals surface area contributed by atoms with Gasteiger partial charge in [-0.1, -0.05) is 0 Å². The van der Waals surface area contributed by atoms with Gasteiger partial charge in [-0.3, -0.25) is 0 Å². The average molecular weight is 225 g/mol. The molecule has 0 spiro atoms. The van der Waals surface area contributed by atoms with E-state index in [9.17, 15) is 0 Å².